The second-order valence-corrected chi connectivity index (χ2v) is 23.6. The second kappa shape index (κ2) is 35.9. The smallest absolute Gasteiger partial charge is 0.226 e. The summed E-state index contributed by atoms with van der Waals surface area (Å²) in [6.45, 7) is 11.4. The summed E-state index contributed by atoms with van der Waals surface area (Å²) in [6.07, 6.45) is 25.2. The summed E-state index contributed by atoms with van der Waals surface area (Å²) in [6, 6.07) is 10.1. The highest BCUT2D eigenvalue weighted by atomic mass is 35.5. The van der Waals surface area contributed by atoms with Crippen molar-refractivity contribution >= 4 is 11.6 Å². The zero-order valence-electron chi connectivity index (χ0n) is 48.9. The summed E-state index contributed by atoms with van der Waals surface area (Å²) in [4.78, 5) is 13.2. The lowest BCUT2D eigenvalue weighted by atomic mass is 10.0. The quantitative estimate of drug-likeness (QED) is 0.0395. The lowest BCUT2D eigenvalue weighted by molar-refractivity contribution is -0.00578. The number of rotatable bonds is 52. The molecule has 1 aromatic heterocycles. The number of unbranched alkanes of at least 4 members (excludes halogenated alkanes) is 10. The number of phenolic OH excluding ortho intramolecular Hbond substituents is 2. The fourth-order valence-corrected chi connectivity index (χ4v) is 10.3. The monoisotopic (exact) mass is 1180 g/mol. The van der Waals surface area contributed by atoms with Gasteiger partial charge in [0.1, 0.15) is 59.6 Å². The molecule has 6 saturated heterocycles. The Morgan fingerprint density at radius 1 is 0.386 bits per heavy atom. The Bertz CT molecular complexity index is 2130. The molecule has 0 saturated carbocycles. The summed E-state index contributed by atoms with van der Waals surface area (Å²) in [5.74, 6) is 1.34. The third-order valence-electron chi connectivity index (χ3n) is 15.8. The maximum atomic E-state index is 11.1. The average molecular weight is 1180 g/mol. The Labute approximate surface area is 496 Å². The maximum absolute atomic E-state index is 11.1. The predicted molar refractivity (Wildman–Crippen MR) is 311 cm³/mol. The van der Waals surface area contributed by atoms with Gasteiger partial charge in [-0.3, -0.25) is 0 Å². The molecule has 6 fully saturated rings. The van der Waals surface area contributed by atoms with E-state index in [0.717, 1.165) is 194 Å². The number of ether oxygens (including phenoxy) is 14. The summed E-state index contributed by atoms with van der Waals surface area (Å²) in [5.41, 5.74) is 0.731. The molecule has 7 heterocycles. The van der Waals surface area contributed by atoms with E-state index >= 15 is 0 Å². The topological polar surface area (TPSA) is 228 Å². The van der Waals surface area contributed by atoms with E-state index in [2.05, 4.69) is 15.0 Å². The van der Waals surface area contributed by atoms with Gasteiger partial charge >= 0.3 is 0 Å². The summed E-state index contributed by atoms with van der Waals surface area (Å²) >= 11 is 6.39. The number of hydrogen-bond acceptors (Lipinski definition) is 19. The molecule has 10 atom stereocenters. The molecule has 464 valence electrons. The largest absolute Gasteiger partial charge is 0.507 e. The number of nitrogens with zero attached hydrogens (tertiary/aromatic N) is 3. The molecule has 2 aromatic carbocycles. The third-order valence-corrected chi connectivity index (χ3v) is 15.9. The SMILES string of the molecule is Oc1cc(OCCCCCCCCC(CCC(CCCOCC2CO2)OCC2CO2)OCC2CO2)ccc1-c1nc(Cl)nc(-c2ccc(OCCCCCCCCC(CCC(CCCOCC3CO3)OCC3CO3)OCC3CO3)cc2O)n1. The first-order valence-corrected chi connectivity index (χ1v) is 31.9. The van der Waals surface area contributed by atoms with Gasteiger partial charge in [0.25, 0.3) is 0 Å². The van der Waals surface area contributed by atoms with Gasteiger partial charge in [0, 0.05) is 25.3 Å². The lowest BCUT2D eigenvalue weighted by Gasteiger charge is -2.22. The van der Waals surface area contributed by atoms with Crippen LogP contribution in [-0.4, -0.2) is 192 Å². The van der Waals surface area contributed by atoms with Crippen molar-refractivity contribution in [3.8, 4) is 45.8 Å². The van der Waals surface area contributed by atoms with Gasteiger partial charge in [-0.1, -0.05) is 64.2 Å². The van der Waals surface area contributed by atoms with Crippen LogP contribution in [0.4, 0.5) is 0 Å². The molecule has 0 spiro atoms. The number of aromatic hydroxyl groups is 2. The molecule has 10 unspecified atom stereocenters. The molecule has 6 aliphatic heterocycles. The average Bonchev–Trinajstić information content (AvgIpc) is 4.37. The van der Waals surface area contributed by atoms with Gasteiger partial charge in [0.2, 0.25) is 5.28 Å². The second-order valence-electron chi connectivity index (χ2n) is 23.3. The van der Waals surface area contributed by atoms with Crippen molar-refractivity contribution in [3.05, 3.63) is 41.7 Å². The van der Waals surface area contributed by atoms with Gasteiger partial charge < -0.3 is 76.5 Å². The van der Waals surface area contributed by atoms with Gasteiger partial charge in [0.15, 0.2) is 11.6 Å². The van der Waals surface area contributed by atoms with E-state index in [0.29, 0.717) is 87.7 Å². The molecule has 20 heteroatoms. The van der Waals surface area contributed by atoms with Gasteiger partial charge in [0.05, 0.1) is 128 Å². The molecule has 2 N–H and O–H groups in total. The van der Waals surface area contributed by atoms with Gasteiger partial charge in [-0.25, -0.2) is 4.98 Å². The zero-order chi connectivity index (χ0) is 57.1. The molecular weight excluding hydrogens is 1090 g/mol. The van der Waals surface area contributed by atoms with Crippen LogP contribution in [0, 0.1) is 0 Å². The Kier molecular flexibility index (Phi) is 27.7. The van der Waals surface area contributed by atoms with Crippen molar-refractivity contribution < 1.29 is 76.5 Å². The molecule has 0 amide bonds. The Hall–Kier alpha value is -3.54. The molecular formula is C63H94ClN3O16. The van der Waals surface area contributed by atoms with E-state index in [1.54, 1.807) is 36.4 Å². The molecule has 83 heavy (non-hydrogen) atoms. The Balaban J connectivity index is 0.618. The minimum Gasteiger partial charge on any atom is -0.507 e. The van der Waals surface area contributed by atoms with Crippen LogP contribution in [0.15, 0.2) is 36.4 Å². The van der Waals surface area contributed by atoms with E-state index in [-0.39, 0.29) is 77.3 Å². The van der Waals surface area contributed by atoms with E-state index in [4.69, 9.17) is 77.9 Å². The van der Waals surface area contributed by atoms with Crippen molar-refractivity contribution in [1.29, 1.82) is 0 Å². The van der Waals surface area contributed by atoms with Crippen LogP contribution < -0.4 is 9.47 Å². The molecule has 19 nitrogen and oxygen atoms in total. The van der Waals surface area contributed by atoms with Crippen LogP contribution >= 0.6 is 11.6 Å². The first-order chi connectivity index (χ1) is 40.8. The number of aromatic nitrogens is 3. The minimum absolute atomic E-state index is 0.0518. The van der Waals surface area contributed by atoms with Gasteiger partial charge in [-0.2, -0.15) is 9.97 Å². The molecule has 9 rings (SSSR count). The van der Waals surface area contributed by atoms with Crippen LogP contribution in [-0.2, 0) is 56.8 Å². The van der Waals surface area contributed by atoms with Crippen LogP contribution in [0.25, 0.3) is 22.8 Å². The van der Waals surface area contributed by atoms with Crippen molar-refractivity contribution in [2.75, 3.05) is 106 Å². The first kappa shape index (κ1) is 63.9. The standard InChI is InChI=1S/C63H94ClN3O16/c64-63-66-61(57-25-23-49(31-59(57)68)72-29-11-7-3-1-5-9-15-45(74-37-53-41-80-53)19-21-47(76-39-55-43-82-55)17-13-27-70-33-51-35-78-51)65-62(67-63)58-26-24-50(32-60(58)69)73-30-12-8-4-2-6-10-16-46(75-38-54-42-81-54)20-22-48(77-40-56-44-83-56)18-14-28-71-34-52-36-79-52/h23-26,31-32,45-48,51-56,68-69H,1-22,27-30,33-44H2. The maximum Gasteiger partial charge on any atom is 0.226 e. The van der Waals surface area contributed by atoms with Gasteiger partial charge in [-0.15, -0.1) is 0 Å². The number of halogens is 1. The third kappa shape index (κ3) is 27.0. The number of phenols is 2. The van der Waals surface area contributed by atoms with E-state index in [9.17, 15) is 10.2 Å². The molecule has 6 aliphatic rings. The lowest BCUT2D eigenvalue weighted by Crippen LogP contribution is -2.22. The van der Waals surface area contributed by atoms with Crippen molar-refractivity contribution in [3.63, 3.8) is 0 Å². The fourth-order valence-electron chi connectivity index (χ4n) is 10.1. The summed E-state index contributed by atoms with van der Waals surface area (Å²) < 4.78 is 81.0. The zero-order valence-corrected chi connectivity index (χ0v) is 49.7. The van der Waals surface area contributed by atoms with E-state index < -0.39 is 0 Å². The summed E-state index contributed by atoms with van der Waals surface area (Å²) in [5, 5.41) is 22.1. The number of benzene rings is 2. The Morgan fingerprint density at radius 3 is 1.04 bits per heavy atom. The van der Waals surface area contributed by atoms with Crippen LogP contribution in [0.5, 0.6) is 23.0 Å². The number of hydrogen-bond donors (Lipinski definition) is 2. The van der Waals surface area contributed by atoms with Crippen LogP contribution in [0.2, 0.25) is 5.28 Å². The van der Waals surface area contributed by atoms with E-state index in [1.165, 1.54) is 0 Å². The normalized spacial score (nSPS) is 22.5. The highest BCUT2D eigenvalue weighted by molar-refractivity contribution is 6.28. The van der Waals surface area contributed by atoms with E-state index in [1.807, 2.05) is 0 Å². The van der Waals surface area contributed by atoms with Gasteiger partial charge in [-0.05, 0) is 113 Å². The highest BCUT2D eigenvalue weighted by Crippen LogP contribution is 2.35. The highest BCUT2D eigenvalue weighted by Gasteiger charge is 2.30. The van der Waals surface area contributed by atoms with Crippen molar-refractivity contribution in [1.82, 2.24) is 15.0 Å². The molecule has 3 aromatic rings. The van der Waals surface area contributed by atoms with Crippen LogP contribution in [0.1, 0.15) is 141 Å². The predicted octanol–water partition coefficient (Wildman–Crippen LogP) is 10.6. The van der Waals surface area contributed by atoms with Crippen molar-refractivity contribution in [2.45, 2.75) is 202 Å². The minimum atomic E-state index is -0.0671. The molecule has 0 aliphatic carbocycles. The van der Waals surface area contributed by atoms with Crippen LogP contribution in [0.3, 0.4) is 0 Å². The Morgan fingerprint density at radius 2 is 0.699 bits per heavy atom. The molecule has 0 bridgehead atoms. The first-order valence-electron chi connectivity index (χ1n) is 31.5. The fraction of sp³-hybridized carbons (Fsp3) is 0.762. The van der Waals surface area contributed by atoms with Crippen molar-refractivity contribution in [2.24, 2.45) is 0 Å². The summed E-state index contributed by atoms with van der Waals surface area (Å²) in [7, 11) is 0. The molecule has 0 radical (unpaired) electrons. The number of epoxide rings is 6.